The molecule has 0 unspecified atom stereocenters. The molecular formula is C79H84N22O9S7. The number of hydrogen-bond donors (Lipinski definition) is 8. The number of aromatic nitrogens is 16. The van der Waals surface area contributed by atoms with E-state index in [9.17, 15) is 33.7 Å². The fourth-order valence-corrected chi connectivity index (χ4v) is 24.4. The van der Waals surface area contributed by atoms with Crippen LogP contribution in [0.25, 0.3) is 87.3 Å². The topological polar surface area (TPSA) is 463 Å². The van der Waals surface area contributed by atoms with Crippen molar-refractivity contribution in [3.63, 3.8) is 0 Å². The van der Waals surface area contributed by atoms with E-state index in [0.717, 1.165) is 160 Å². The lowest BCUT2D eigenvalue weighted by atomic mass is 9.81. The average Bonchev–Trinajstić information content (AvgIpc) is 1.69. The number of sulfone groups is 4. The Morgan fingerprint density at radius 1 is 0.453 bits per heavy atom. The lowest BCUT2D eigenvalue weighted by molar-refractivity contribution is 0.310. The number of pyridine rings is 4. The summed E-state index contributed by atoms with van der Waals surface area (Å²) in [6, 6.07) is 25.1. The van der Waals surface area contributed by atoms with Crippen LogP contribution in [0.15, 0.2) is 148 Å². The molecule has 12 heterocycles. The molecule has 0 spiro atoms. The van der Waals surface area contributed by atoms with Crippen LogP contribution in [0.5, 0.6) is 0 Å². The van der Waals surface area contributed by atoms with Crippen molar-refractivity contribution < 1.29 is 38.1 Å². The Balaban J connectivity index is 0.000000122. The Morgan fingerprint density at radius 3 is 1.19 bits per heavy atom. The van der Waals surface area contributed by atoms with Crippen LogP contribution >= 0.6 is 34.0 Å². The molecule has 14 aromatic rings. The molecule has 0 saturated heterocycles. The predicted molar refractivity (Wildman–Crippen MR) is 453 cm³/mol. The molecule has 117 heavy (non-hydrogen) atoms. The molecule has 31 nitrogen and oxygen atoms in total. The molecule has 0 bridgehead atoms. The van der Waals surface area contributed by atoms with E-state index in [0.29, 0.717) is 59.1 Å². The first-order chi connectivity index (χ1) is 56.5. The first-order valence-electron chi connectivity index (χ1n) is 38.4. The molecule has 0 amide bonds. The highest BCUT2D eigenvalue weighted by Gasteiger charge is 2.39. The van der Waals surface area contributed by atoms with Crippen molar-refractivity contribution in [3.8, 4) is 55.3 Å². The van der Waals surface area contributed by atoms with Crippen molar-refractivity contribution in [2.24, 2.45) is 23.7 Å². The number of aromatic amines is 4. The van der Waals surface area contributed by atoms with Gasteiger partial charge < -0.3 is 45.6 Å². The number of benzene rings is 2. The molecule has 4 aliphatic carbocycles. The zero-order valence-corrected chi connectivity index (χ0v) is 69.8. The summed E-state index contributed by atoms with van der Waals surface area (Å²) in [6.07, 6.45) is 24.5. The standard InChI is InChI=1S/C21H18N6O3S.C21H18N6O2S2.C19H25N5O2S2.C18H23N5O2S2/c2*22-9-13-2-1-3-16(8-13)31(28,29)11-14-6-15(7-14)26-19-17-4-5-23-20(17)24-10-18(19)21-27-25-12-30-21;1-3-4-7-28(25,26)11-13-8-14(9-13)22-17-15-5-6-20-18(15)21-10-16(17)19-24-23-12(2)27-19;1-3-6-27(24,25)10-12-7-13(8-12)21-16-14-4-5-19-17(14)20-9-15(16)18-23-22-11(2)26-18/h2*1-5,8,10,12,14-15H,6-7,11H2,(H2,23,24,26);5-6,10,13-14H,3-4,7-9,11H2,1-2H3,(H2,20,21,22);4-5,9,12-13H,3,6-8,10H2,1-2H3,(H2,19,20,21). The number of rotatable bonds is 27. The number of unbranched alkanes of at least 4 members (excludes halogenated alkanes) is 1. The van der Waals surface area contributed by atoms with E-state index in [-0.39, 0.29) is 74.9 Å². The van der Waals surface area contributed by atoms with Gasteiger partial charge in [0, 0.05) is 101 Å². The van der Waals surface area contributed by atoms with Gasteiger partial charge in [0.2, 0.25) is 6.39 Å². The largest absolute Gasteiger partial charge is 0.423 e. The SMILES string of the molecule is CCCCS(=O)(=O)CC1CC(Nc2c(-c3nnc(C)s3)cnc3[nH]ccc23)C1.CCCS(=O)(=O)CC1CC(Nc2c(-c3nnc(C)s3)cnc3[nH]ccc23)C1.N#Cc1cccc(S(=O)(=O)CC2CC(Nc3c(-c4nnco4)cnc4[nH]ccc34)C2)c1.N#Cc1cccc(S(=O)(=O)CC2CC(Nc3c(-c4nncs4)cnc4[nH]ccc34)C2)c1. The van der Waals surface area contributed by atoms with Crippen LogP contribution < -0.4 is 21.3 Å². The number of hydrogen-bond acceptors (Lipinski definition) is 30. The second-order valence-corrected chi connectivity index (χ2v) is 41.7. The highest BCUT2D eigenvalue weighted by atomic mass is 32.2. The summed E-state index contributed by atoms with van der Waals surface area (Å²) in [4.78, 5) is 30.8. The average molecular weight is 1710 g/mol. The lowest BCUT2D eigenvalue weighted by Crippen LogP contribution is -2.39. The maximum absolute atomic E-state index is 12.8. The van der Waals surface area contributed by atoms with Gasteiger partial charge in [-0.05, 0) is 162 Å². The second-order valence-electron chi connectivity index (χ2n) is 30.0. The zero-order valence-electron chi connectivity index (χ0n) is 64.1. The van der Waals surface area contributed by atoms with Crippen molar-refractivity contribution in [2.75, 3.05) is 55.8 Å². The molecule has 4 fully saturated rings. The van der Waals surface area contributed by atoms with Gasteiger partial charge in [-0.15, -0.1) is 40.8 Å². The van der Waals surface area contributed by atoms with Crippen molar-refractivity contribution >= 4 is 140 Å². The quantitative estimate of drug-likeness (QED) is 0.0237. The predicted octanol–water partition coefficient (Wildman–Crippen LogP) is 14.0. The molecule has 0 radical (unpaired) electrons. The number of nitrogens with zero attached hydrogens (tertiary/aromatic N) is 14. The van der Waals surface area contributed by atoms with E-state index >= 15 is 0 Å². The van der Waals surface area contributed by atoms with Crippen LogP contribution in [0.3, 0.4) is 0 Å². The first kappa shape index (κ1) is 81.2. The molecule has 12 aromatic heterocycles. The molecule has 4 aliphatic rings. The summed E-state index contributed by atoms with van der Waals surface area (Å²) in [5.74, 6) is 2.33. The van der Waals surface area contributed by atoms with Gasteiger partial charge in [-0.1, -0.05) is 66.4 Å². The summed E-state index contributed by atoms with van der Waals surface area (Å²) >= 11 is 4.53. The van der Waals surface area contributed by atoms with Gasteiger partial charge in [0.25, 0.3) is 5.89 Å². The lowest BCUT2D eigenvalue weighted by Gasteiger charge is -2.36. The van der Waals surface area contributed by atoms with E-state index in [1.807, 2.05) is 101 Å². The minimum absolute atomic E-state index is 0.0450. The molecule has 0 aliphatic heterocycles. The fraction of sp³-hybridized carbons (Fsp3) is 0.367. The third kappa shape index (κ3) is 19.0. The number of H-pyrrole nitrogens is 4. The minimum Gasteiger partial charge on any atom is -0.423 e. The molecular weight excluding hydrogens is 1630 g/mol. The van der Waals surface area contributed by atoms with Crippen LogP contribution in [-0.4, -0.2) is 173 Å². The van der Waals surface area contributed by atoms with E-state index in [1.54, 1.807) is 77.0 Å². The van der Waals surface area contributed by atoms with Gasteiger partial charge in [0.05, 0.1) is 107 Å². The number of fused-ring (bicyclic) bond motifs is 4. The summed E-state index contributed by atoms with van der Waals surface area (Å²) in [5.41, 5.74) is 12.8. The van der Waals surface area contributed by atoms with Crippen molar-refractivity contribution in [1.29, 1.82) is 10.5 Å². The summed E-state index contributed by atoms with van der Waals surface area (Å²) in [7, 11) is -12.7. The Morgan fingerprint density at radius 2 is 0.838 bits per heavy atom. The van der Waals surface area contributed by atoms with Gasteiger partial charge in [-0.2, -0.15) is 10.5 Å². The summed E-state index contributed by atoms with van der Waals surface area (Å²) < 4.78 is 105. The van der Waals surface area contributed by atoms with Crippen LogP contribution in [0, 0.1) is 60.2 Å². The third-order valence-corrected chi connectivity index (χ3v) is 31.4. The molecule has 8 N–H and O–H groups in total. The molecule has 38 heteroatoms. The maximum Gasteiger partial charge on any atom is 0.251 e. The van der Waals surface area contributed by atoms with Gasteiger partial charge in [-0.25, -0.2) is 53.6 Å². The Labute approximate surface area is 687 Å². The highest BCUT2D eigenvalue weighted by Crippen LogP contribution is 2.44. The second kappa shape index (κ2) is 35.1. The Hall–Kier alpha value is -11.0. The number of nitrogens with one attached hydrogen (secondary N) is 8. The first-order valence-corrected chi connectivity index (χ1v) is 47.8. The smallest absolute Gasteiger partial charge is 0.251 e. The van der Waals surface area contributed by atoms with Crippen LogP contribution in [0.1, 0.15) is 106 Å². The van der Waals surface area contributed by atoms with Crippen molar-refractivity contribution in [2.45, 2.75) is 132 Å². The summed E-state index contributed by atoms with van der Waals surface area (Å²) in [6.45, 7) is 7.80. The van der Waals surface area contributed by atoms with E-state index in [4.69, 9.17) is 14.9 Å². The fourth-order valence-electron chi connectivity index (χ4n) is 15.4. The van der Waals surface area contributed by atoms with Gasteiger partial charge >= 0.3 is 0 Å². The van der Waals surface area contributed by atoms with Crippen LogP contribution in [-0.2, 0) is 39.3 Å². The minimum atomic E-state index is -3.45. The highest BCUT2D eigenvalue weighted by molar-refractivity contribution is 7.92. The molecule has 0 atom stereocenters. The van der Waals surface area contributed by atoms with E-state index < -0.39 is 39.3 Å². The van der Waals surface area contributed by atoms with Crippen LogP contribution in [0.2, 0.25) is 0 Å². The molecule has 18 rings (SSSR count). The molecule has 606 valence electrons. The van der Waals surface area contributed by atoms with Crippen LogP contribution in [0.4, 0.5) is 22.7 Å². The van der Waals surface area contributed by atoms with Gasteiger partial charge in [0.1, 0.15) is 38.1 Å². The van der Waals surface area contributed by atoms with Crippen molar-refractivity contribution in [3.05, 3.63) is 155 Å². The monoisotopic (exact) mass is 1710 g/mol. The number of aryl methyl sites for hydroxylation is 2. The Kier molecular flexibility index (Phi) is 24.3. The molecule has 2 aromatic carbocycles. The zero-order chi connectivity index (χ0) is 81.6. The number of nitriles is 2. The number of anilines is 4. The van der Waals surface area contributed by atoms with Gasteiger partial charge in [0.15, 0.2) is 54.4 Å². The van der Waals surface area contributed by atoms with E-state index in [1.165, 1.54) is 29.9 Å². The maximum atomic E-state index is 12.8. The van der Waals surface area contributed by atoms with Crippen molar-refractivity contribution in [1.82, 2.24) is 80.7 Å². The molecule has 4 saturated carbocycles. The van der Waals surface area contributed by atoms with Gasteiger partial charge in [-0.3, -0.25) is 0 Å². The third-order valence-electron chi connectivity index (χ3n) is 21.2. The summed E-state index contributed by atoms with van der Waals surface area (Å²) in [5, 5.41) is 73.2. The van der Waals surface area contributed by atoms with E-state index in [2.05, 4.69) is 102 Å². The Bertz CT molecular complexity index is 6210. The normalized spacial score (nSPS) is 19.1.